The van der Waals surface area contributed by atoms with Crippen LogP contribution in [-0.2, 0) is 47.2 Å². The first-order valence-electron chi connectivity index (χ1n) is 9.68. The zero-order chi connectivity index (χ0) is 19.9. The number of hydrogen-bond donors (Lipinski definition) is 0. The Morgan fingerprint density at radius 1 is 0.964 bits per heavy atom. The molecule has 1 heterocycles. The number of aldehydes is 1. The number of benzene rings is 2. The second-order valence-corrected chi connectivity index (χ2v) is 8.18. The Hall–Kier alpha value is -2.53. The van der Waals surface area contributed by atoms with Crippen LogP contribution < -0.4 is 0 Å². The van der Waals surface area contributed by atoms with Gasteiger partial charge in [-0.25, -0.2) is 0 Å². The number of carbonyl (C=O) groups excluding carboxylic acids is 1. The van der Waals surface area contributed by atoms with Gasteiger partial charge in [-0.15, -0.1) is 0 Å². The van der Waals surface area contributed by atoms with Gasteiger partial charge in [0.15, 0.2) is 0 Å². The summed E-state index contributed by atoms with van der Waals surface area (Å²) in [5.41, 5.74) is 5.38. The summed E-state index contributed by atoms with van der Waals surface area (Å²) in [5, 5.41) is 4.72. The van der Waals surface area contributed by atoms with Crippen molar-refractivity contribution >= 4 is 17.1 Å². The number of aromatic nitrogens is 2. The van der Waals surface area contributed by atoms with Crippen molar-refractivity contribution in [2.24, 2.45) is 0 Å². The molecular weight excluding hydrogens is 368 g/mol. The topological polar surface area (TPSA) is 52.0 Å². The van der Waals surface area contributed by atoms with E-state index in [2.05, 4.69) is 13.8 Å². The van der Waals surface area contributed by atoms with E-state index in [9.17, 15) is 9.00 Å². The van der Waals surface area contributed by atoms with E-state index >= 15 is 0 Å². The van der Waals surface area contributed by atoms with Crippen molar-refractivity contribution in [3.8, 4) is 0 Å². The fourth-order valence-corrected chi connectivity index (χ4v) is 4.55. The summed E-state index contributed by atoms with van der Waals surface area (Å²) in [5.74, 6) is 0.522. The average molecular weight is 395 g/mol. The van der Waals surface area contributed by atoms with E-state index in [1.54, 1.807) is 0 Å². The molecule has 0 fully saturated rings. The van der Waals surface area contributed by atoms with Gasteiger partial charge >= 0.3 is 0 Å². The molecule has 0 saturated heterocycles. The molecule has 146 valence electrons. The first-order valence-corrected chi connectivity index (χ1v) is 11.0. The van der Waals surface area contributed by atoms with Gasteiger partial charge in [-0.05, 0) is 36.1 Å². The molecule has 0 bridgehead atoms. The third-order valence-corrected chi connectivity index (χ3v) is 6.26. The van der Waals surface area contributed by atoms with Crippen molar-refractivity contribution in [2.45, 2.75) is 50.3 Å². The van der Waals surface area contributed by atoms with Crippen LogP contribution in [0.15, 0.2) is 59.5 Å². The summed E-state index contributed by atoms with van der Waals surface area (Å²) < 4.78 is 14.6. The lowest BCUT2D eigenvalue weighted by atomic mass is 10.1. The maximum atomic E-state index is 12.6. The molecule has 3 aromatic rings. The maximum Gasteiger partial charge on any atom is 0.124 e. The number of carbonyl (C=O) groups is 1. The zero-order valence-corrected chi connectivity index (χ0v) is 17.2. The maximum absolute atomic E-state index is 12.6. The van der Waals surface area contributed by atoms with Gasteiger partial charge in [-0.1, -0.05) is 56.3 Å². The fourth-order valence-electron chi connectivity index (χ4n) is 3.45. The molecule has 2 aromatic carbocycles. The molecule has 4 nitrogen and oxygen atoms in total. The molecule has 1 aromatic heterocycles. The predicted octanol–water partition coefficient (Wildman–Crippen LogP) is 4.11. The van der Waals surface area contributed by atoms with Gasteiger partial charge in [0.1, 0.15) is 6.29 Å². The quantitative estimate of drug-likeness (QED) is 0.513. The van der Waals surface area contributed by atoms with Crippen molar-refractivity contribution in [1.82, 2.24) is 9.78 Å². The second kappa shape index (κ2) is 9.60. The van der Waals surface area contributed by atoms with E-state index in [-0.39, 0.29) is 0 Å². The molecule has 0 amide bonds. The number of hydrogen-bond acceptors (Lipinski definition) is 3. The van der Waals surface area contributed by atoms with Gasteiger partial charge in [0, 0.05) is 22.6 Å². The van der Waals surface area contributed by atoms with Gasteiger partial charge in [0.2, 0.25) is 0 Å². The molecule has 0 aliphatic rings. The first-order chi connectivity index (χ1) is 13.7. The Bertz CT molecular complexity index is 947. The third kappa shape index (κ3) is 4.65. The summed E-state index contributed by atoms with van der Waals surface area (Å²) in [4.78, 5) is 11.9. The second-order valence-electron chi connectivity index (χ2n) is 6.73. The number of rotatable bonds is 9. The molecule has 0 spiro atoms. The number of nitrogens with zero attached hydrogens (tertiary/aromatic N) is 2. The number of aryl methyl sites for hydroxylation is 1. The first kappa shape index (κ1) is 20.2. The smallest absolute Gasteiger partial charge is 0.124 e. The minimum atomic E-state index is -1.06. The molecule has 0 aliphatic carbocycles. The molecule has 28 heavy (non-hydrogen) atoms. The van der Waals surface area contributed by atoms with Crippen LogP contribution in [0.25, 0.3) is 0 Å². The van der Waals surface area contributed by atoms with E-state index < -0.39 is 10.8 Å². The zero-order valence-electron chi connectivity index (χ0n) is 16.4. The molecule has 3 rings (SSSR count). The lowest BCUT2D eigenvalue weighted by molar-refractivity contribution is -0.107. The van der Waals surface area contributed by atoms with Gasteiger partial charge in [0.05, 0.1) is 28.8 Å². The molecular formula is C23H26N2O2S. The van der Waals surface area contributed by atoms with Crippen LogP contribution in [-0.4, -0.2) is 20.3 Å². The minimum Gasteiger partial charge on any atom is -0.303 e. The third-order valence-electron chi connectivity index (χ3n) is 4.87. The van der Waals surface area contributed by atoms with Crippen molar-refractivity contribution in [2.75, 3.05) is 0 Å². The minimum absolute atomic E-state index is 0.420. The highest BCUT2D eigenvalue weighted by Crippen LogP contribution is 2.19. The molecule has 0 saturated carbocycles. The summed E-state index contributed by atoms with van der Waals surface area (Å²) in [6, 6.07) is 17.8. The van der Waals surface area contributed by atoms with Gasteiger partial charge < -0.3 is 4.79 Å². The Morgan fingerprint density at radius 2 is 1.68 bits per heavy atom. The Labute approximate surface area is 169 Å². The molecule has 5 heteroatoms. The van der Waals surface area contributed by atoms with Crippen LogP contribution in [0, 0.1) is 0 Å². The summed E-state index contributed by atoms with van der Waals surface area (Å²) >= 11 is 0. The molecule has 1 unspecified atom stereocenters. The van der Waals surface area contributed by atoms with Crippen molar-refractivity contribution in [3.63, 3.8) is 0 Å². The van der Waals surface area contributed by atoms with Crippen LogP contribution in [0.3, 0.4) is 0 Å². The predicted molar refractivity (Wildman–Crippen MR) is 113 cm³/mol. The Balaban J connectivity index is 1.75. The van der Waals surface area contributed by atoms with Gasteiger partial charge in [0.25, 0.3) is 0 Å². The summed E-state index contributed by atoms with van der Waals surface area (Å²) in [7, 11) is -1.06. The van der Waals surface area contributed by atoms with Crippen LogP contribution in [0.5, 0.6) is 0 Å². The molecule has 0 radical (unpaired) electrons. The highest BCUT2D eigenvalue weighted by molar-refractivity contribution is 7.84. The van der Waals surface area contributed by atoms with E-state index in [1.807, 2.05) is 59.3 Å². The van der Waals surface area contributed by atoms with E-state index in [0.717, 1.165) is 52.1 Å². The monoisotopic (exact) mass is 394 g/mol. The van der Waals surface area contributed by atoms with Gasteiger partial charge in [-0.3, -0.25) is 8.89 Å². The van der Waals surface area contributed by atoms with Gasteiger partial charge in [-0.2, -0.15) is 5.10 Å². The van der Waals surface area contributed by atoms with Crippen molar-refractivity contribution in [1.29, 1.82) is 0 Å². The summed E-state index contributed by atoms with van der Waals surface area (Å²) in [6.07, 6.45) is 3.04. The average Bonchev–Trinajstić information content (AvgIpc) is 3.05. The van der Waals surface area contributed by atoms with E-state index in [1.165, 1.54) is 0 Å². The molecule has 0 N–H and O–H groups in total. The normalized spacial score (nSPS) is 12.1. The Kier molecular flexibility index (Phi) is 6.93. The lowest BCUT2D eigenvalue weighted by Crippen LogP contribution is -2.07. The Morgan fingerprint density at radius 3 is 2.29 bits per heavy atom. The summed E-state index contributed by atoms with van der Waals surface area (Å²) in [6.45, 7) is 4.81. The lowest BCUT2D eigenvalue weighted by Gasteiger charge is -2.08. The van der Waals surface area contributed by atoms with Crippen LogP contribution in [0.4, 0.5) is 0 Å². The van der Waals surface area contributed by atoms with Crippen LogP contribution in [0.1, 0.15) is 41.9 Å². The highest BCUT2D eigenvalue weighted by Gasteiger charge is 2.15. The van der Waals surface area contributed by atoms with Crippen molar-refractivity contribution in [3.05, 3.63) is 82.7 Å². The van der Waals surface area contributed by atoms with Crippen molar-refractivity contribution < 1.29 is 9.00 Å². The standard InChI is InChI=1S/C23H26N2O2S/c1-3-22-21(14-15-26)23(4-2)25(24-22)16-18-10-12-20(13-11-18)28(27)17-19-8-6-5-7-9-19/h5-13,15H,3-4,14,16-17H2,1-2H3. The SMILES string of the molecule is CCc1nn(Cc2ccc(S(=O)Cc3ccccc3)cc2)c(CC)c1CC=O. The van der Waals surface area contributed by atoms with Crippen LogP contribution >= 0.6 is 0 Å². The molecule has 0 aliphatic heterocycles. The van der Waals surface area contributed by atoms with Crippen LogP contribution in [0.2, 0.25) is 0 Å². The largest absolute Gasteiger partial charge is 0.303 e. The highest BCUT2D eigenvalue weighted by atomic mass is 32.2. The van der Waals surface area contributed by atoms with E-state index in [4.69, 9.17) is 5.10 Å². The molecule has 1 atom stereocenters. The fraction of sp³-hybridized carbons (Fsp3) is 0.304. The van der Waals surface area contributed by atoms with E-state index in [0.29, 0.717) is 18.7 Å².